The molecule has 0 heterocycles. The molecule has 0 unspecified atom stereocenters. The SMILES string of the molecule is C#CCCc1c(C)c(-c2cccc(-c3ccc(P(C)C)cc3)c2)c2ccccc2c1-c1ccc2ccccc2c1. The quantitative estimate of drug-likeness (QED) is 0.148. The molecule has 0 atom stereocenters. The van der Waals surface area contributed by atoms with Crippen molar-refractivity contribution in [1.29, 1.82) is 0 Å². The molecule has 0 aliphatic heterocycles. The summed E-state index contributed by atoms with van der Waals surface area (Å²) in [5, 5.41) is 6.50. The van der Waals surface area contributed by atoms with Crippen molar-refractivity contribution in [2.45, 2.75) is 19.8 Å². The summed E-state index contributed by atoms with van der Waals surface area (Å²) in [6, 6.07) is 42.4. The van der Waals surface area contributed by atoms with Gasteiger partial charge in [0.1, 0.15) is 0 Å². The predicted molar refractivity (Wildman–Crippen MR) is 178 cm³/mol. The molecule has 0 aliphatic carbocycles. The van der Waals surface area contributed by atoms with Crippen LogP contribution < -0.4 is 5.30 Å². The lowest BCUT2D eigenvalue weighted by Crippen LogP contribution is -2.00. The maximum atomic E-state index is 5.82. The second-order valence-electron chi connectivity index (χ2n) is 10.7. The Morgan fingerprint density at radius 3 is 1.95 bits per heavy atom. The molecular formula is C39H33P. The van der Waals surface area contributed by atoms with Crippen LogP contribution in [0.3, 0.4) is 0 Å². The Morgan fingerprint density at radius 1 is 0.600 bits per heavy atom. The summed E-state index contributed by atoms with van der Waals surface area (Å²) in [5.41, 5.74) is 10.3. The maximum Gasteiger partial charge on any atom is 0.0127 e. The Bertz CT molecular complexity index is 1880. The first-order valence-corrected chi connectivity index (χ1v) is 16.1. The third-order valence-corrected chi connectivity index (χ3v) is 9.35. The lowest BCUT2D eigenvalue weighted by Gasteiger charge is -2.22. The van der Waals surface area contributed by atoms with Crippen molar-refractivity contribution in [3.63, 3.8) is 0 Å². The fraction of sp³-hybridized carbons (Fsp3) is 0.128. The fourth-order valence-electron chi connectivity index (χ4n) is 5.98. The first-order valence-electron chi connectivity index (χ1n) is 13.9. The summed E-state index contributed by atoms with van der Waals surface area (Å²) in [4.78, 5) is 0. The van der Waals surface area contributed by atoms with E-state index in [0.717, 1.165) is 6.42 Å². The van der Waals surface area contributed by atoms with Gasteiger partial charge in [-0.1, -0.05) is 111 Å². The summed E-state index contributed by atoms with van der Waals surface area (Å²) < 4.78 is 0. The molecule has 0 aromatic heterocycles. The van der Waals surface area contributed by atoms with Crippen molar-refractivity contribution in [3.8, 4) is 45.7 Å². The van der Waals surface area contributed by atoms with Gasteiger partial charge >= 0.3 is 0 Å². The summed E-state index contributed by atoms with van der Waals surface area (Å²) >= 11 is 0. The molecule has 6 rings (SSSR count). The van der Waals surface area contributed by atoms with Crippen LogP contribution in [0.2, 0.25) is 0 Å². The van der Waals surface area contributed by atoms with Gasteiger partial charge in [0.2, 0.25) is 0 Å². The first-order chi connectivity index (χ1) is 19.5. The van der Waals surface area contributed by atoms with Gasteiger partial charge in [-0.25, -0.2) is 0 Å². The predicted octanol–water partition coefficient (Wildman–Crippen LogP) is 10.2. The minimum Gasteiger partial charge on any atom is -0.120 e. The van der Waals surface area contributed by atoms with E-state index in [2.05, 4.69) is 141 Å². The van der Waals surface area contributed by atoms with Crippen molar-refractivity contribution in [1.82, 2.24) is 0 Å². The Morgan fingerprint density at radius 2 is 1.23 bits per heavy atom. The van der Waals surface area contributed by atoms with Crippen molar-refractivity contribution >= 4 is 34.8 Å². The van der Waals surface area contributed by atoms with Gasteiger partial charge in [-0.2, -0.15) is 0 Å². The molecule has 0 spiro atoms. The van der Waals surface area contributed by atoms with Gasteiger partial charge in [-0.15, -0.1) is 12.3 Å². The van der Waals surface area contributed by atoms with Gasteiger partial charge in [-0.05, 0) is 110 Å². The minimum atomic E-state index is -0.0990. The molecule has 0 saturated heterocycles. The van der Waals surface area contributed by atoms with Crippen LogP contribution in [-0.2, 0) is 6.42 Å². The standard InChI is InChI=1S/C39H33P/c1-5-6-16-35-27(2)38(32-15-11-14-31(25-32)29-21-23-34(24-22-29)40(3)4)36-17-9-10-18-37(36)39(35)33-20-19-28-12-7-8-13-30(28)26-33/h1,7-15,17-26H,6,16H2,2-4H3. The number of hydrogen-bond acceptors (Lipinski definition) is 0. The van der Waals surface area contributed by atoms with Gasteiger partial charge in [0.15, 0.2) is 0 Å². The van der Waals surface area contributed by atoms with Crippen LogP contribution >= 0.6 is 7.92 Å². The monoisotopic (exact) mass is 532 g/mol. The molecule has 0 fully saturated rings. The van der Waals surface area contributed by atoms with Crippen LogP contribution in [0.15, 0.2) is 115 Å². The van der Waals surface area contributed by atoms with Gasteiger partial charge < -0.3 is 0 Å². The molecule has 0 radical (unpaired) electrons. The third-order valence-electron chi connectivity index (χ3n) is 8.02. The molecule has 0 N–H and O–H groups in total. The Kier molecular flexibility index (Phi) is 7.26. The Labute approximate surface area is 239 Å². The van der Waals surface area contributed by atoms with E-state index < -0.39 is 0 Å². The molecule has 1 heteroatoms. The molecule has 194 valence electrons. The number of benzene rings is 6. The van der Waals surface area contributed by atoms with E-state index in [4.69, 9.17) is 6.42 Å². The maximum absolute atomic E-state index is 5.82. The fourth-order valence-corrected chi connectivity index (χ4v) is 6.73. The Balaban J connectivity index is 1.58. The van der Waals surface area contributed by atoms with Crippen LogP contribution in [0.25, 0.3) is 54.9 Å². The van der Waals surface area contributed by atoms with E-state index >= 15 is 0 Å². The van der Waals surface area contributed by atoms with E-state index in [-0.39, 0.29) is 7.92 Å². The lowest BCUT2D eigenvalue weighted by molar-refractivity contribution is 1.02. The molecule has 6 aromatic rings. The highest BCUT2D eigenvalue weighted by molar-refractivity contribution is 7.64. The van der Waals surface area contributed by atoms with Crippen LogP contribution in [0, 0.1) is 19.3 Å². The first kappa shape index (κ1) is 26.1. The molecule has 40 heavy (non-hydrogen) atoms. The van der Waals surface area contributed by atoms with Crippen LogP contribution in [0.4, 0.5) is 0 Å². The number of hydrogen-bond donors (Lipinski definition) is 0. The number of rotatable bonds is 6. The van der Waals surface area contributed by atoms with Crippen molar-refractivity contribution < 1.29 is 0 Å². The van der Waals surface area contributed by atoms with Crippen LogP contribution in [0.5, 0.6) is 0 Å². The third kappa shape index (κ3) is 4.84. The molecule has 0 nitrogen and oxygen atoms in total. The van der Waals surface area contributed by atoms with Crippen LogP contribution in [0.1, 0.15) is 17.5 Å². The zero-order valence-electron chi connectivity index (χ0n) is 23.4. The highest BCUT2D eigenvalue weighted by Crippen LogP contribution is 2.43. The topological polar surface area (TPSA) is 0 Å². The highest BCUT2D eigenvalue weighted by Gasteiger charge is 2.19. The normalized spacial score (nSPS) is 11.3. The number of fused-ring (bicyclic) bond motifs is 2. The molecule has 0 saturated carbocycles. The molecule has 0 aliphatic rings. The largest absolute Gasteiger partial charge is 0.120 e. The van der Waals surface area contributed by atoms with E-state index in [1.54, 1.807) is 0 Å². The van der Waals surface area contributed by atoms with E-state index in [1.165, 1.54) is 71.4 Å². The summed E-state index contributed by atoms with van der Waals surface area (Å²) in [6.45, 7) is 6.89. The van der Waals surface area contributed by atoms with Gasteiger partial charge in [0.05, 0.1) is 0 Å². The summed E-state index contributed by atoms with van der Waals surface area (Å²) in [6.07, 6.45) is 7.38. The van der Waals surface area contributed by atoms with Gasteiger partial charge in [-0.3, -0.25) is 0 Å². The highest BCUT2D eigenvalue weighted by atomic mass is 31.1. The van der Waals surface area contributed by atoms with Crippen molar-refractivity contribution in [2.75, 3.05) is 13.3 Å². The number of terminal acetylenes is 1. The summed E-state index contributed by atoms with van der Waals surface area (Å²) in [7, 11) is -0.0990. The average Bonchev–Trinajstić information content (AvgIpc) is 2.99. The molecule has 0 bridgehead atoms. The Hall–Kier alpha value is -4.17. The van der Waals surface area contributed by atoms with E-state index in [9.17, 15) is 0 Å². The van der Waals surface area contributed by atoms with Gasteiger partial charge in [0.25, 0.3) is 0 Å². The molecular weight excluding hydrogens is 499 g/mol. The zero-order valence-corrected chi connectivity index (χ0v) is 24.3. The lowest BCUT2D eigenvalue weighted by atomic mass is 9.82. The van der Waals surface area contributed by atoms with E-state index in [0.29, 0.717) is 6.42 Å². The second kappa shape index (κ2) is 11.1. The second-order valence-corrected chi connectivity index (χ2v) is 13.0. The summed E-state index contributed by atoms with van der Waals surface area (Å²) in [5.74, 6) is 2.90. The molecule has 0 amide bonds. The van der Waals surface area contributed by atoms with E-state index in [1.807, 2.05) is 0 Å². The average molecular weight is 533 g/mol. The minimum absolute atomic E-state index is 0.0990. The molecule has 6 aromatic carbocycles. The van der Waals surface area contributed by atoms with Gasteiger partial charge in [0, 0.05) is 6.42 Å². The zero-order chi connectivity index (χ0) is 27.6. The van der Waals surface area contributed by atoms with Crippen LogP contribution in [-0.4, -0.2) is 13.3 Å². The smallest absolute Gasteiger partial charge is 0.0127 e. The van der Waals surface area contributed by atoms with Crippen molar-refractivity contribution in [2.24, 2.45) is 0 Å². The van der Waals surface area contributed by atoms with Crippen molar-refractivity contribution in [3.05, 3.63) is 126 Å².